The SMILES string of the molecule is NC(=O)C[C@H]1CCCCN1C(=O)c1ccc2cc[nH]c2c1. The van der Waals surface area contributed by atoms with Gasteiger partial charge in [0.05, 0.1) is 0 Å². The first-order chi connectivity index (χ1) is 10.1. The number of nitrogens with two attached hydrogens (primary N) is 1. The van der Waals surface area contributed by atoms with E-state index in [9.17, 15) is 9.59 Å². The van der Waals surface area contributed by atoms with Gasteiger partial charge in [-0.15, -0.1) is 0 Å². The van der Waals surface area contributed by atoms with Crippen LogP contribution in [0.15, 0.2) is 30.5 Å². The molecule has 3 N–H and O–H groups in total. The first-order valence-corrected chi connectivity index (χ1v) is 7.31. The van der Waals surface area contributed by atoms with Crippen LogP contribution in [0, 0.1) is 0 Å². The highest BCUT2D eigenvalue weighted by atomic mass is 16.2. The Bertz CT molecular complexity index is 677. The molecule has 1 aromatic heterocycles. The summed E-state index contributed by atoms with van der Waals surface area (Å²) in [5, 5.41) is 1.08. The molecule has 1 aromatic carbocycles. The molecule has 1 aliphatic heterocycles. The number of hydrogen-bond acceptors (Lipinski definition) is 2. The van der Waals surface area contributed by atoms with E-state index in [0.29, 0.717) is 12.1 Å². The summed E-state index contributed by atoms with van der Waals surface area (Å²) in [5.74, 6) is -0.364. The standard InChI is InChI=1S/C16H19N3O2/c17-15(20)10-13-3-1-2-8-19(13)16(21)12-5-4-11-6-7-18-14(11)9-12/h4-7,9,13,18H,1-3,8,10H2,(H2,17,20)/t13-/m1/s1. The molecule has 1 fully saturated rings. The molecule has 21 heavy (non-hydrogen) atoms. The zero-order valence-electron chi connectivity index (χ0n) is 11.8. The van der Waals surface area contributed by atoms with E-state index in [1.54, 1.807) is 4.90 Å². The van der Waals surface area contributed by atoms with Crippen molar-refractivity contribution in [3.63, 3.8) is 0 Å². The second-order valence-corrected chi connectivity index (χ2v) is 5.60. The topological polar surface area (TPSA) is 79.2 Å². The minimum absolute atomic E-state index is 0.0162. The van der Waals surface area contributed by atoms with Crippen LogP contribution < -0.4 is 5.73 Å². The molecule has 0 aliphatic carbocycles. The van der Waals surface area contributed by atoms with Gasteiger partial charge in [-0.3, -0.25) is 9.59 Å². The predicted octanol–water partition coefficient (Wildman–Crippen LogP) is 2.04. The molecule has 1 saturated heterocycles. The Balaban J connectivity index is 1.85. The molecular weight excluding hydrogens is 266 g/mol. The van der Waals surface area contributed by atoms with Gasteiger partial charge in [-0.05, 0) is 42.8 Å². The molecule has 2 heterocycles. The molecule has 3 rings (SSSR count). The quantitative estimate of drug-likeness (QED) is 0.905. The minimum Gasteiger partial charge on any atom is -0.370 e. The van der Waals surface area contributed by atoms with E-state index in [1.165, 1.54) is 0 Å². The Kier molecular flexibility index (Phi) is 3.64. The molecule has 5 nitrogen and oxygen atoms in total. The number of amides is 2. The molecule has 0 radical (unpaired) electrons. The summed E-state index contributed by atoms with van der Waals surface area (Å²) in [7, 11) is 0. The Hall–Kier alpha value is -2.30. The molecule has 1 aliphatic rings. The second kappa shape index (κ2) is 5.60. The second-order valence-electron chi connectivity index (χ2n) is 5.60. The monoisotopic (exact) mass is 285 g/mol. The van der Waals surface area contributed by atoms with Gasteiger partial charge in [0.25, 0.3) is 5.91 Å². The van der Waals surface area contributed by atoms with Crippen molar-refractivity contribution in [2.24, 2.45) is 5.73 Å². The number of aromatic nitrogens is 1. The lowest BCUT2D eigenvalue weighted by Gasteiger charge is -2.35. The summed E-state index contributed by atoms with van der Waals surface area (Å²) in [4.78, 5) is 28.8. The van der Waals surface area contributed by atoms with Gasteiger partial charge >= 0.3 is 0 Å². The highest BCUT2D eigenvalue weighted by Gasteiger charge is 2.28. The molecule has 110 valence electrons. The van der Waals surface area contributed by atoms with Gasteiger partial charge in [0.1, 0.15) is 0 Å². The van der Waals surface area contributed by atoms with Crippen molar-refractivity contribution in [1.82, 2.24) is 9.88 Å². The van der Waals surface area contributed by atoms with Crippen molar-refractivity contribution in [1.29, 1.82) is 0 Å². The van der Waals surface area contributed by atoms with Crippen LogP contribution in [0.2, 0.25) is 0 Å². The minimum atomic E-state index is -0.348. The van der Waals surface area contributed by atoms with Crippen molar-refractivity contribution in [3.8, 4) is 0 Å². The maximum atomic E-state index is 12.7. The molecule has 2 amide bonds. The van der Waals surface area contributed by atoms with Gasteiger partial charge in [-0.25, -0.2) is 0 Å². The van der Waals surface area contributed by atoms with Crippen molar-refractivity contribution in [3.05, 3.63) is 36.0 Å². The summed E-state index contributed by atoms with van der Waals surface area (Å²) < 4.78 is 0. The zero-order valence-corrected chi connectivity index (χ0v) is 11.8. The average Bonchev–Trinajstić information content (AvgIpc) is 2.94. The van der Waals surface area contributed by atoms with Crippen LogP contribution in [0.5, 0.6) is 0 Å². The Labute approximate surface area is 123 Å². The van der Waals surface area contributed by atoms with Crippen molar-refractivity contribution in [2.45, 2.75) is 31.7 Å². The first kappa shape index (κ1) is 13.7. The number of primary amides is 1. The van der Waals surface area contributed by atoms with Crippen molar-refractivity contribution < 1.29 is 9.59 Å². The third-order valence-electron chi connectivity index (χ3n) is 4.13. The van der Waals surface area contributed by atoms with Crippen LogP contribution in [-0.2, 0) is 4.79 Å². The van der Waals surface area contributed by atoms with Crippen LogP contribution >= 0.6 is 0 Å². The number of H-pyrrole nitrogens is 1. The summed E-state index contributed by atoms with van der Waals surface area (Å²) in [6.45, 7) is 0.694. The van der Waals surface area contributed by atoms with Gasteiger partial charge < -0.3 is 15.6 Å². The lowest BCUT2D eigenvalue weighted by atomic mass is 9.98. The molecule has 0 spiro atoms. The van der Waals surface area contributed by atoms with Crippen LogP contribution in [0.3, 0.4) is 0 Å². The van der Waals surface area contributed by atoms with Gasteiger partial charge in [0.2, 0.25) is 5.91 Å². The third-order valence-corrected chi connectivity index (χ3v) is 4.13. The van der Waals surface area contributed by atoms with Gasteiger partial charge in [-0.2, -0.15) is 0 Å². The van der Waals surface area contributed by atoms with Crippen LogP contribution in [0.25, 0.3) is 10.9 Å². The molecule has 5 heteroatoms. The fourth-order valence-electron chi connectivity index (χ4n) is 3.06. The Morgan fingerprint density at radius 1 is 1.29 bits per heavy atom. The summed E-state index contributed by atoms with van der Waals surface area (Å²) >= 11 is 0. The lowest BCUT2D eigenvalue weighted by molar-refractivity contribution is -0.119. The van der Waals surface area contributed by atoms with Gasteiger partial charge in [-0.1, -0.05) is 6.07 Å². The number of benzene rings is 1. The third kappa shape index (κ3) is 2.77. The van der Waals surface area contributed by atoms with Crippen molar-refractivity contribution >= 4 is 22.7 Å². The molecule has 0 saturated carbocycles. The van der Waals surface area contributed by atoms with Gasteiger partial charge in [0, 0.05) is 36.3 Å². The number of piperidine rings is 1. The fourth-order valence-corrected chi connectivity index (χ4v) is 3.06. The maximum absolute atomic E-state index is 12.7. The van der Waals surface area contributed by atoms with E-state index in [2.05, 4.69) is 4.98 Å². The lowest BCUT2D eigenvalue weighted by Crippen LogP contribution is -2.45. The number of hydrogen-bond donors (Lipinski definition) is 2. The normalized spacial score (nSPS) is 18.9. The average molecular weight is 285 g/mol. The molecule has 1 atom stereocenters. The number of fused-ring (bicyclic) bond motifs is 1. The highest BCUT2D eigenvalue weighted by Crippen LogP contribution is 2.23. The first-order valence-electron chi connectivity index (χ1n) is 7.31. The molecule has 2 aromatic rings. The highest BCUT2D eigenvalue weighted by molar-refractivity contribution is 5.98. The predicted molar refractivity (Wildman–Crippen MR) is 80.8 cm³/mol. The van der Waals surface area contributed by atoms with Crippen LogP contribution in [0.4, 0.5) is 0 Å². The van der Waals surface area contributed by atoms with Crippen LogP contribution in [0.1, 0.15) is 36.0 Å². The van der Waals surface area contributed by atoms with E-state index in [-0.39, 0.29) is 24.3 Å². The molecule has 0 unspecified atom stereocenters. The largest absolute Gasteiger partial charge is 0.370 e. The summed E-state index contributed by atoms with van der Waals surface area (Å²) in [6.07, 6.45) is 4.97. The Morgan fingerprint density at radius 2 is 2.14 bits per heavy atom. The molecule has 0 bridgehead atoms. The number of carbonyl (C=O) groups is 2. The van der Waals surface area contributed by atoms with E-state index in [4.69, 9.17) is 5.73 Å². The fraction of sp³-hybridized carbons (Fsp3) is 0.375. The smallest absolute Gasteiger partial charge is 0.254 e. The van der Waals surface area contributed by atoms with Gasteiger partial charge in [0.15, 0.2) is 0 Å². The number of nitrogens with zero attached hydrogens (tertiary/aromatic N) is 1. The number of nitrogens with one attached hydrogen (secondary N) is 1. The zero-order chi connectivity index (χ0) is 14.8. The van der Waals surface area contributed by atoms with Crippen molar-refractivity contribution in [2.75, 3.05) is 6.54 Å². The summed E-state index contributed by atoms with van der Waals surface area (Å²) in [5.41, 5.74) is 6.91. The maximum Gasteiger partial charge on any atom is 0.254 e. The van der Waals surface area contributed by atoms with E-state index in [0.717, 1.165) is 30.2 Å². The number of carbonyl (C=O) groups excluding carboxylic acids is 2. The molecular formula is C16H19N3O2. The number of aromatic amines is 1. The number of rotatable bonds is 3. The van der Waals surface area contributed by atoms with E-state index < -0.39 is 0 Å². The Morgan fingerprint density at radius 3 is 2.95 bits per heavy atom. The number of likely N-dealkylation sites (tertiary alicyclic amines) is 1. The van der Waals surface area contributed by atoms with E-state index >= 15 is 0 Å². The van der Waals surface area contributed by atoms with E-state index in [1.807, 2.05) is 30.5 Å². The summed E-state index contributed by atoms with van der Waals surface area (Å²) in [6, 6.07) is 7.55. The van der Waals surface area contributed by atoms with Crippen LogP contribution in [-0.4, -0.2) is 34.3 Å².